The molecule has 2 rings (SSSR count). The predicted molar refractivity (Wildman–Crippen MR) is 72.5 cm³/mol. The molecule has 3 N–H and O–H groups in total. The Bertz CT molecular complexity index is 642. The molecule has 0 bridgehead atoms. The molecule has 6 nitrogen and oxygen atoms in total. The van der Waals surface area contributed by atoms with E-state index >= 15 is 0 Å². The fourth-order valence-corrected chi connectivity index (χ4v) is 2.09. The minimum Gasteiger partial charge on any atom is -0.481 e. The Morgan fingerprint density at radius 1 is 1.32 bits per heavy atom. The highest BCUT2D eigenvalue weighted by molar-refractivity contribution is 5.80. The highest BCUT2D eigenvalue weighted by Gasteiger charge is 2.20. The third-order valence-corrected chi connectivity index (χ3v) is 3.11. The van der Waals surface area contributed by atoms with E-state index in [9.17, 15) is 14.7 Å². The van der Waals surface area contributed by atoms with Crippen LogP contribution in [0.3, 0.4) is 0 Å². The lowest BCUT2D eigenvalue weighted by Crippen LogP contribution is -2.20. The summed E-state index contributed by atoms with van der Waals surface area (Å²) in [4.78, 5) is 29.8. The third kappa shape index (κ3) is 3.03. The van der Waals surface area contributed by atoms with Gasteiger partial charge in [0.15, 0.2) is 0 Å². The molecule has 19 heavy (non-hydrogen) atoms. The fraction of sp³-hybridized carbons (Fsp3) is 0.385. The summed E-state index contributed by atoms with van der Waals surface area (Å²) < 4.78 is 0. The van der Waals surface area contributed by atoms with Gasteiger partial charge in [-0.25, -0.2) is 4.79 Å². The number of aliphatic carboxylic acids is 1. The van der Waals surface area contributed by atoms with Crippen LogP contribution in [0.5, 0.6) is 0 Å². The first-order chi connectivity index (χ1) is 8.97. The zero-order valence-electron chi connectivity index (χ0n) is 10.9. The van der Waals surface area contributed by atoms with E-state index in [1.54, 1.807) is 18.2 Å². The highest BCUT2D eigenvalue weighted by Crippen LogP contribution is 2.22. The summed E-state index contributed by atoms with van der Waals surface area (Å²) in [6.07, 6.45) is 0.530. The van der Waals surface area contributed by atoms with Gasteiger partial charge in [-0.2, -0.15) is 0 Å². The zero-order chi connectivity index (χ0) is 14.0. The van der Waals surface area contributed by atoms with Gasteiger partial charge in [0.2, 0.25) is 0 Å². The minimum absolute atomic E-state index is 0.285. The number of carboxylic acids is 1. The molecule has 0 saturated carbocycles. The van der Waals surface area contributed by atoms with Crippen LogP contribution in [0.1, 0.15) is 17.9 Å². The van der Waals surface area contributed by atoms with Crippen molar-refractivity contribution < 1.29 is 9.90 Å². The number of aromatic nitrogens is 2. The van der Waals surface area contributed by atoms with E-state index in [2.05, 4.69) is 9.97 Å². The van der Waals surface area contributed by atoms with Gasteiger partial charge in [0.25, 0.3) is 0 Å². The van der Waals surface area contributed by atoms with Gasteiger partial charge in [0, 0.05) is 0 Å². The van der Waals surface area contributed by atoms with Crippen molar-refractivity contribution in [2.45, 2.75) is 12.3 Å². The van der Waals surface area contributed by atoms with Crippen molar-refractivity contribution in [3.63, 3.8) is 0 Å². The molecule has 0 aliphatic rings. The number of nitrogens with zero attached hydrogens (tertiary/aromatic N) is 1. The molecule has 0 fully saturated rings. The Hall–Kier alpha value is -2.08. The quantitative estimate of drug-likeness (QED) is 0.750. The maximum Gasteiger partial charge on any atom is 0.323 e. The number of benzene rings is 1. The molecular weight excluding hydrogens is 246 g/mol. The van der Waals surface area contributed by atoms with Gasteiger partial charge in [-0.15, -0.1) is 0 Å². The van der Waals surface area contributed by atoms with Gasteiger partial charge in [0.05, 0.1) is 17.0 Å². The number of carbonyl (C=O) groups is 1. The normalized spacial score (nSPS) is 13.0. The van der Waals surface area contributed by atoms with Crippen LogP contribution in [-0.2, 0) is 4.79 Å². The second-order valence-corrected chi connectivity index (χ2v) is 4.87. The van der Waals surface area contributed by atoms with E-state index < -0.39 is 11.9 Å². The molecule has 0 radical (unpaired) electrons. The first kappa shape index (κ1) is 13.4. The largest absolute Gasteiger partial charge is 0.481 e. The molecule has 0 aliphatic heterocycles. The lowest BCUT2D eigenvalue weighted by atomic mass is 9.95. The van der Waals surface area contributed by atoms with Crippen molar-refractivity contribution in [2.75, 3.05) is 20.6 Å². The van der Waals surface area contributed by atoms with Crippen LogP contribution in [0.4, 0.5) is 0 Å². The molecule has 102 valence electrons. The molecule has 1 atom stereocenters. The standard InChI is InChI=1S/C13H17N3O3/c1-16(2)6-5-9(12(17)18)8-3-4-10-11(7-8)15-13(19)14-10/h3-4,7,9H,5-6H2,1-2H3,(H,17,18)(H2,14,15,19). The number of fused-ring (bicyclic) bond motifs is 1. The molecule has 0 aliphatic carbocycles. The maximum absolute atomic E-state index is 11.4. The molecule has 1 unspecified atom stereocenters. The number of nitrogens with one attached hydrogen (secondary N) is 2. The summed E-state index contributed by atoms with van der Waals surface area (Å²) in [5.41, 5.74) is 1.74. The van der Waals surface area contributed by atoms with E-state index in [0.29, 0.717) is 29.6 Å². The van der Waals surface area contributed by atoms with Gasteiger partial charge in [-0.05, 0) is 44.8 Å². The monoisotopic (exact) mass is 263 g/mol. The number of hydrogen-bond donors (Lipinski definition) is 3. The van der Waals surface area contributed by atoms with Gasteiger partial charge < -0.3 is 20.0 Å². The maximum atomic E-state index is 11.4. The molecule has 1 heterocycles. The smallest absolute Gasteiger partial charge is 0.323 e. The van der Waals surface area contributed by atoms with Crippen LogP contribution in [0.25, 0.3) is 11.0 Å². The highest BCUT2D eigenvalue weighted by atomic mass is 16.4. The molecule has 2 aromatic rings. The lowest BCUT2D eigenvalue weighted by molar-refractivity contribution is -0.139. The van der Waals surface area contributed by atoms with Crippen LogP contribution in [0.15, 0.2) is 23.0 Å². The average Bonchev–Trinajstić information content (AvgIpc) is 2.67. The van der Waals surface area contributed by atoms with Crippen molar-refractivity contribution in [1.82, 2.24) is 14.9 Å². The van der Waals surface area contributed by atoms with Crippen LogP contribution >= 0.6 is 0 Å². The molecule has 1 aromatic heterocycles. The summed E-state index contributed by atoms with van der Waals surface area (Å²) in [6.45, 7) is 0.693. The van der Waals surface area contributed by atoms with Crippen LogP contribution in [0, 0.1) is 0 Å². The zero-order valence-corrected chi connectivity index (χ0v) is 10.9. The number of hydrogen-bond acceptors (Lipinski definition) is 3. The molecule has 6 heteroatoms. The topological polar surface area (TPSA) is 89.2 Å². The van der Waals surface area contributed by atoms with E-state index in [1.165, 1.54) is 0 Å². The first-order valence-corrected chi connectivity index (χ1v) is 6.07. The molecule has 0 amide bonds. The fourth-order valence-electron chi connectivity index (χ4n) is 2.09. The first-order valence-electron chi connectivity index (χ1n) is 6.07. The van der Waals surface area contributed by atoms with Crippen molar-refractivity contribution in [3.8, 4) is 0 Å². The molecule has 0 saturated heterocycles. The molecular formula is C13H17N3O3. The number of H-pyrrole nitrogens is 2. The molecule has 1 aromatic carbocycles. The van der Waals surface area contributed by atoms with Crippen LogP contribution < -0.4 is 5.69 Å². The van der Waals surface area contributed by atoms with Gasteiger partial charge in [-0.3, -0.25) is 4.79 Å². The van der Waals surface area contributed by atoms with E-state index in [4.69, 9.17) is 0 Å². The number of rotatable bonds is 5. The Kier molecular flexibility index (Phi) is 3.71. The summed E-state index contributed by atoms with van der Waals surface area (Å²) in [6, 6.07) is 5.20. The summed E-state index contributed by atoms with van der Waals surface area (Å²) in [5.74, 6) is -1.41. The van der Waals surface area contributed by atoms with Crippen LogP contribution in [0.2, 0.25) is 0 Å². The Morgan fingerprint density at radius 3 is 2.63 bits per heavy atom. The predicted octanol–water partition coefficient (Wildman–Crippen LogP) is 0.976. The summed E-state index contributed by atoms with van der Waals surface area (Å²) in [5, 5.41) is 9.32. The molecule has 0 spiro atoms. The number of imidazole rings is 1. The van der Waals surface area contributed by atoms with Crippen molar-refractivity contribution in [2.24, 2.45) is 0 Å². The van der Waals surface area contributed by atoms with Gasteiger partial charge in [0.1, 0.15) is 0 Å². The number of carboxylic acid groups (broad SMARTS) is 1. The number of aromatic amines is 2. The van der Waals surface area contributed by atoms with Crippen molar-refractivity contribution in [1.29, 1.82) is 0 Å². The minimum atomic E-state index is -0.848. The van der Waals surface area contributed by atoms with E-state index in [0.717, 1.165) is 0 Å². The Balaban J connectivity index is 2.32. The van der Waals surface area contributed by atoms with Crippen molar-refractivity contribution >= 4 is 17.0 Å². The summed E-state index contributed by atoms with van der Waals surface area (Å²) in [7, 11) is 3.82. The lowest BCUT2D eigenvalue weighted by Gasteiger charge is -2.16. The van der Waals surface area contributed by atoms with E-state index in [-0.39, 0.29) is 5.69 Å². The van der Waals surface area contributed by atoms with E-state index in [1.807, 2.05) is 19.0 Å². The second kappa shape index (κ2) is 5.27. The third-order valence-electron chi connectivity index (χ3n) is 3.11. The summed E-state index contributed by atoms with van der Waals surface area (Å²) >= 11 is 0. The van der Waals surface area contributed by atoms with Gasteiger partial charge >= 0.3 is 11.7 Å². The van der Waals surface area contributed by atoms with Crippen LogP contribution in [-0.4, -0.2) is 46.6 Å². The van der Waals surface area contributed by atoms with Gasteiger partial charge in [-0.1, -0.05) is 6.07 Å². The SMILES string of the molecule is CN(C)CCC(C(=O)O)c1ccc2[nH]c(=O)[nH]c2c1. The Morgan fingerprint density at radius 2 is 2.00 bits per heavy atom. The second-order valence-electron chi connectivity index (χ2n) is 4.87. The van der Waals surface area contributed by atoms with Crippen molar-refractivity contribution in [3.05, 3.63) is 34.2 Å². The Labute approximate surface area is 110 Å². The average molecular weight is 263 g/mol.